The predicted molar refractivity (Wildman–Crippen MR) is 218 cm³/mol. The van der Waals surface area contributed by atoms with Gasteiger partial charge in [0.25, 0.3) is 0 Å². The van der Waals surface area contributed by atoms with Crippen LogP contribution in [0.25, 0.3) is 21.9 Å². The van der Waals surface area contributed by atoms with Gasteiger partial charge >= 0.3 is 0 Å². The lowest BCUT2D eigenvalue weighted by molar-refractivity contribution is 0.373. The fourth-order valence-corrected chi connectivity index (χ4v) is 9.45. The predicted octanol–water partition coefficient (Wildman–Crippen LogP) is 11.1. The third-order valence-corrected chi connectivity index (χ3v) is 11.9. The van der Waals surface area contributed by atoms with Gasteiger partial charge < -0.3 is 10.1 Å². The zero-order valence-corrected chi connectivity index (χ0v) is 29.6. The Labute approximate surface area is 315 Å². The van der Waals surface area contributed by atoms with E-state index in [9.17, 15) is 0 Å². The van der Waals surface area contributed by atoms with Crippen LogP contribution >= 0.6 is 0 Å². The zero-order valence-electron chi connectivity index (χ0n) is 29.6. The third kappa shape index (κ3) is 4.77. The molecule has 54 heavy (non-hydrogen) atoms. The highest BCUT2D eigenvalue weighted by Crippen LogP contribution is 2.64. The molecule has 0 radical (unpaired) electrons. The number of rotatable bonds is 4. The van der Waals surface area contributed by atoms with Crippen LogP contribution in [0.5, 0.6) is 11.5 Å². The Balaban J connectivity index is 1.03. The minimum Gasteiger partial charge on any atom is -0.457 e. The molecule has 258 valence electrons. The van der Waals surface area contributed by atoms with E-state index in [1.165, 1.54) is 44.2 Å². The molecule has 0 amide bonds. The number of amidine groups is 1. The van der Waals surface area contributed by atoms with Crippen LogP contribution in [0, 0.1) is 5.92 Å². The van der Waals surface area contributed by atoms with Crippen molar-refractivity contribution in [2.45, 2.75) is 23.7 Å². The largest absolute Gasteiger partial charge is 0.457 e. The molecule has 11 rings (SSSR count). The summed E-state index contributed by atoms with van der Waals surface area (Å²) in [6, 6.07) is 60.9. The van der Waals surface area contributed by atoms with E-state index in [1.54, 1.807) is 0 Å². The zero-order chi connectivity index (χ0) is 35.6. The summed E-state index contributed by atoms with van der Waals surface area (Å²) in [5.41, 5.74) is 10.5. The van der Waals surface area contributed by atoms with Gasteiger partial charge in [-0.2, -0.15) is 0 Å². The summed E-state index contributed by atoms with van der Waals surface area (Å²) in [5.74, 6) is 3.04. The van der Waals surface area contributed by atoms with Crippen LogP contribution in [0.2, 0.25) is 0 Å². The van der Waals surface area contributed by atoms with E-state index < -0.39 is 5.41 Å². The summed E-state index contributed by atoms with van der Waals surface area (Å²) in [6.45, 7) is 0. The quantitative estimate of drug-likeness (QED) is 0.193. The fraction of sp³-hybridized carbons (Fsp3) is 0.100. The molecule has 4 nitrogen and oxygen atoms in total. The first-order chi connectivity index (χ1) is 26.7. The minimum atomic E-state index is -0.424. The molecule has 4 aliphatic rings. The van der Waals surface area contributed by atoms with Crippen LogP contribution < -0.4 is 15.4 Å². The van der Waals surface area contributed by atoms with Crippen LogP contribution in [0.4, 0.5) is 0 Å². The first-order valence-corrected chi connectivity index (χ1v) is 18.9. The summed E-state index contributed by atoms with van der Waals surface area (Å²) in [7, 11) is 0. The molecule has 4 atom stereocenters. The molecule has 2 aliphatic heterocycles. The maximum absolute atomic E-state index is 6.60. The molecule has 2 N–H and O–H groups in total. The number of nitrogens with zero attached hydrogens (tertiary/aromatic N) is 1. The topological polar surface area (TPSA) is 45.6 Å². The molecule has 0 fully saturated rings. The highest BCUT2D eigenvalue weighted by molar-refractivity contribution is 6.02. The molecule has 0 saturated carbocycles. The van der Waals surface area contributed by atoms with Crippen molar-refractivity contribution in [1.82, 2.24) is 10.6 Å². The number of allylic oxidation sites excluding steroid dienone is 2. The first-order valence-electron chi connectivity index (χ1n) is 18.9. The molecule has 4 unspecified atom stereocenters. The molecular weight excluding hydrogens is 659 g/mol. The Bertz CT molecular complexity index is 2630. The highest BCUT2D eigenvalue weighted by Gasteiger charge is 2.57. The molecule has 1 spiro atoms. The average molecular weight is 696 g/mol. The lowest BCUT2D eigenvalue weighted by Crippen LogP contribution is -2.45. The maximum Gasteiger partial charge on any atom is 0.131 e. The normalized spacial score (nSPS) is 21.5. The summed E-state index contributed by atoms with van der Waals surface area (Å²) in [4.78, 5) is 5.43. The minimum absolute atomic E-state index is 0.107. The molecular formula is C50H37N3O. The molecule has 2 aliphatic carbocycles. The van der Waals surface area contributed by atoms with Crippen LogP contribution in [-0.2, 0) is 5.41 Å². The number of para-hydroxylation sites is 2. The summed E-state index contributed by atoms with van der Waals surface area (Å²) >= 11 is 0. The van der Waals surface area contributed by atoms with Crippen molar-refractivity contribution in [3.63, 3.8) is 0 Å². The molecule has 0 bridgehead atoms. The van der Waals surface area contributed by atoms with Gasteiger partial charge in [0.1, 0.15) is 29.7 Å². The Morgan fingerprint density at radius 1 is 0.556 bits per heavy atom. The second-order valence-electron chi connectivity index (χ2n) is 14.7. The van der Waals surface area contributed by atoms with E-state index in [4.69, 9.17) is 9.73 Å². The maximum atomic E-state index is 6.60. The van der Waals surface area contributed by atoms with Gasteiger partial charge in [-0.25, -0.2) is 4.99 Å². The lowest BCUT2D eigenvalue weighted by Gasteiger charge is -2.43. The number of nitrogens with one attached hydrogen (secondary N) is 2. The van der Waals surface area contributed by atoms with Crippen molar-refractivity contribution in [2.75, 3.05) is 0 Å². The molecule has 0 aromatic heterocycles. The van der Waals surface area contributed by atoms with Gasteiger partial charge in [0.05, 0.1) is 5.41 Å². The van der Waals surface area contributed by atoms with Crippen molar-refractivity contribution in [2.24, 2.45) is 10.9 Å². The number of aliphatic imine (C=N–C) groups is 1. The lowest BCUT2D eigenvalue weighted by atomic mass is 9.61. The van der Waals surface area contributed by atoms with Crippen molar-refractivity contribution in [3.8, 4) is 22.6 Å². The Kier molecular flexibility index (Phi) is 7.08. The van der Waals surface area contributed by atoms with Gasteiger partial charge in [-0.3, -0.25) is 5.32 Å². The van der Waals surface area contributed by atoms with Crippen LogP contribution in [0.3, 0.4) is 0 Å². The third-order valence-electron chi connectivity index (χ3n) is 11.9. The smallest absolute Gasteiger partial charge is 0.131 e. The summed E-state index contributed by atoms with van der Waals surface area (Å²) < 4.78 is 6.60. The van der Waals surface area contributed by atoms with E-state index >= 15 is 0 Å². The molecule has 2 heterocycles. The first kappa shape index (κ1) is 31.1. The average Bonchev–Trinajstić information content (AvgIpc) is 3.53. The number of ether oxygens (including phenoxy) is 1. The van der Waals surface area contributed by atoms with Gasteiger partial charge in [-0.05, 0) is 62.4 Å². The highest BCUT2D eigenvalue weighted by atomic mass is 16.5. The van der Waals surface area contributed by atoms with E-state index in [1.807, 2.05) is 0 Å². The van der Waals surface area contributed by atoms with Gasteiger partial charge in [-0.15, -0.1) is 0 Å². The van der Waals surface area contributed by atoms with Crippen molar-refractivity contribution < 1.29 is 4.74 Å². The van der Waals surface area contributed by atoms with E-state index in [0.717, 1.165) is 34.0 Å². The number of benzene rings is 7. The molecule has 7 aromatic carbocycles. The number of fused-ring (bicyclic) bond motifs is 10. The Hall–Kier alpha value is -6.49. The van der Waals surface area contributed by atoms with E-state index in [-0.39, 0.29) is 24.2 Å². The van der Waals surface area contributed by atoms with Gasteiger partial charge in [0, 0.05) is 28.5 Å². The van der Waals surface area contributed by atoms with Gasteiger partial charge in [0.2, 0.25) is 0 Å². The van der Waals surface area contributed by atoms with E-state index in [0.29, 0.717) is 0 Å². The summed E-state index contributed by atoms with van der Waals surface area (Å²) in [5, 5.41) is 10.1. The Morgan fingerprint density at radius 2 is 1.20 bits per heavy atom. The standard InChI is InChI=1S/C50H37N3O/c1-2-13-34(14-3-1)47-51-48(35-25-22-33(23-26-35)37-27-24-32-12-4-5-15-36(32)30-37)53-49(52-47)38-28-29-40-39-16-6-7-17-41(39)50(44(40)31-38)42-18-8-10-20-45(42)54-46-21-11-9-19-43(46)50/h1-31,40,44,47-48,51H,(H,52,53). The van der Waals surface area contributed by atoms with E-state index in [2.05, 4.69) is 199 Å². The Morgan fingerprint density at radius 3 is 1.98 bits per heavy atom. The number of hydrogen-bond acceptors (Lipinski definition) is 4. The monoisotopic (exact) mass is 695 g/mol. The van der Waals surface area contributed by atoms with Gasteiger partial charge in [-0.1, -0.05) is 170 Å². The molecule has 7 aromatic rings. The van der Waals surface area contributed by atoms with Crippen molar-refractivity contribution in [3.05, 3.63) is 227 Å². The van der Waals surface area contributed by atoms with Gasteiger partial charge in [0.15, 0.2) is 0 Å². The second kappa shape index (κ2) is 12.3. The van der Waals surface area contributed by atoms with Crippen LogP contribution in [0.1, 0.15) is 51.6 Å². The molecule has 0 saturated heterocycles. The summed E-state index contributed by atoms with van der Waals surface area (Å²) in [6.07, 6.45) is 6.81. The van der Waals surface area contributed by atoms with Crippen molar-refractivity contribution >= 4 is 16.6 Å². The SMILES string of the molecule is C1=CC2c3ccccc3C3(c4ccccc4Oc4ccccc43)C2C=C1C1=NC(c2ccc(-c3ccc4ccccc4c3)cc2)NC(c2ccccc2)N1. The van der Waals surface area contributed by atoms with Crippen LogP contribution in [-0.4, -0.2) is 5.84 Å². The van der Waals surface area contributed by atoms with Crippen LogP contribution in [0.15, 0.2) is 199 Å². The second-order valence-corrected chi connectivity index (χ2v) is 14.7. The number of hydrogen-bond donors (Lipinski definition) is 2. The fourth-order valence-electron chi connectivity index (χ4n) is 9.45. The molecule has 4 heteroatoms. The van der Waals surface area contributed by atoms with Crippen molar-refractivity contribution in [1.29, 1.82) is 0 Å².